The molecule has 7 nitrogen and oxygen atoms in total. The highest BCUT2D eigenvalue weighted by Crippen LogP contribution is 2.30. The van der Waals surface area contributed by atoms with Crippen LogP contribution in [0, 0.1) is 6.92 Å². The highest BCUT2D eigenvalue weighted by Gasteiger charge is 2.28. The van der Waals surface area contributed by atoms with E-state index in [1.807, 2.05) is 0 Å². The molecule has 21 heavy (non-hydrogen) atoms. The zero-order chi connectivity index (χ0) is 15.0. The normalized spacial score (nSPS) is 13.9. The van der Waals surface area contributed by atoms with Crippen LogP contribution >= 0.6 is 0 Å². The first-order valence-corrected chi connectivity index (χ1v) is 6.55. The van der Waals surface area contributed by atoms with Crippen LogP contribution in [0.4, 0.5) is 5.69 Å². The highest BCUT2D eigenvalue weighted by atomic mass is 16.5. The van der Waals surface area contributed by atoms with E-state index in [1.54, 1.807) is 25.1 Å². The van der Waals surface area contributed by atoms with E-state index in [0.717, 1.165) is 0 Å². The number of aromatic nitrogens is 2. The molecular weight excluding hydrogens is 274 g/mol. The smallest absolute Gasteiger partial charge is 0.336 e. The van der Waals surface area contributed by atoms with Gasteiger partial charge in [-0.3, -0.25) is 4.79 Å². The molecule has 1 N–H and O–H groups in total. The Morgan fingerprint density at radius 3 is 2.86 bits per heavy atom. The number of anilines is 1. The molecule has 108 valence electrons. The maximum absolute atomic E-state index is 12.5. The number of hydrogen-bond donors (Lipinski definition) is 1. The van der Waals surface area contributed by atoms with Crippen molar-refractivity contribution in [2.24, 2.45) is 0 Å². The summed E-state index contributed by atoms with van der Waals surface area (Å²) in [4.78, 5) is 29.2. The summed E-state index contributed by atoms with van der Waals surface area (Å²) in [7, 11) is 0. The van der Waals surface area contributed by atoms with Gasteiger partial charge in [0.2, 0.25) is 5.89 Å². The fraction of sp³-hybridized carbons (Fsp3) is 0.286. The molecule has 1 amide bonds. The van der Waals surface area contributed by atoms with E-state index in [2.05, 4.69) is 10.1 Å². The first-order valence-electron chi connectivity index (χ1n) is 6.55. The predicted molar refractivity (Wildman–Crippen MR) is 72.4 cm³/mol. The lowest BCUT2D eigenvalue weighted by atomic mass is 9.96. The maximum atomic E-state index is 12.5. The lowest BCUT2D eigenvalue weighted by Gasteiger charge is -2.29. The molecule has 1 aromatic carbocycles. The quantitative estimate of drug-likeness (QED) is 0.902. The van der Waals surface area contributed by atoms with E-state index in [0.29, 0.717) is 36.5 Å². The number of aromatic carboxylic acids is 1. The van der Waals surface area contributed by atoms with Gasteiger partial charge in [0.25, 0.3) is 11.7 Å². The Morgan fingerprint density at radius 1 is 1.38 bits per heavy atom. The first kappa shape index (κ1) is 13.3. The molecule has 0 saturated carbocycles. The second-order valence-corrected chi connectivity index (χ2v) is 4.81. The third-order valence-electron chi connectivity index (χ3n) is 3.45. The summed E-state index contributed by atoms with van der Waals surface area (Å²) >= 11 is 0. The molecule has 0 saturated heterocycles. The van der Waals surface area contributed by atoms with E-state index in [4.69, 9.17) is 4.52 Å². The second-order valence-electron chi connectivity index (χ2n) is 4.81. The lowest BCUT2D eigenvalue weighted by molar-refractivity contribution is 0.0695. The molecule has 2 heterocycles. The van der Waals surface area contributed by atoms with Gasteiger partial charge < -0.3 is 14.5 Å². The zero-order valence-electron chi connectivity index (χ0n) is 11.4. The SMILES string of the molecule is Cc1nc(C(=O)N2CCCc3c(C(=O)O)cccc32)no1. The van der Waals surface area contributed by atoms with Gasteiger partial charge in [0.15, 0.2) is 0 Å². The molecular formula is C14H13N3O4. The third kappa shape index (κ3) is 2.26. The summed E-state index contributed by atoms with van der Waals surface area (Å²) in [5.41, 5.74) is 1.51. The van der Waals surface area contributed by atoms with Gasteiger partial charge in [-0.25, -0.2) is 4.79 Å². The number of nitrogens with zero attached hydrogens (tertiary/aromatic N) is 3. The monoisotopic (exact) mass is 287 g/mol. The molecule has 0 bridgehead atoms. The van der Waals surface area contributed by atoms with Crippen molar-refractivity contribution < 1.29 is 19.2 Å². The largest absolute Gasteiger partial charge is 0.478 e. The van der Waals surface area contributed by atoms with Crippen LogP contribution in [0.15, 0.2) is 22.7 Å². The number of amides is 1. The van der Waals surface area contributed by atoms with Crippen LogP contribution in [0.1, 0.15) is 38.9 Å². The minimum atomic E-state index is -0.989. The molecule has 1 aromatic heterocycles. The Hall–Kier alpha value is -2.70. The molecule has 0 fully saturated rings. The van der Waals surface area contributed by atoms with Gasteiger partial charge in [-0.1, -0.05) is 11.2 Å². The van der Waals surface area contributed by atoms with Crippen LogP contribution in [0.2, 0.25) is 0 Å². The van der Waals surface area contributed by atoms with Crippen molar-refractivity contribution in [1.29, 1.82) is 0 Å². The Labute approximate surface area is 120 Å². The van der Waals surface area contributed by atoms with E-state index in [1.165, 1.54) is 4.90 Å². The van der Waals surface area contributed by atoms with Crippen molar-refractivity contribution in [3.63, 3.8) is 0 Å². The van der Waals surface area contributed by atoms with Gasteiger partial charge in [-0.05, 0) is 30.5 Å². The van der Waals surface area contributed by atoms with Gasteiger partial charge in [-0.2, -0.15) is 4.98 Å². The molecule has 2 aromatic rings. The average Bonchev–Trinajstić information content (AvgIpc) is 2.91. The topological polar surface area (TPSA) is 96.5 Å². The van der Waals surface area contributed by atoms with Crippen LogP contribution in [0.3, 0.4) is 0 Å². The van der Waals surface area contributed by atoms with Crippen molar-refractivity contribution >= 4 is 17.6 Å². The number of carboxylic acids is 1. The van der Waals surface area contributed by atoms with Crippen molar-refractivity contribution in [3.8, 4) is 0 Å². The van der Waals surface area contributed by atoms with Crippen molar-refractivity contribution in [3.05, 3.63) is 41.0 Å². The molecule has 1 aliphatic rings. The van der Waals surface area contributed by atoms with E-state index in [9.17, 15) is 14.7 Å². The summed E-state index contributed by atoms with van der Waals surface area (Å²) in [6, 6.07) is 4.93. The summed E-state index contributed by atoms with van der Waals surface area (Å²) in [6.45, 7) is 2.11. The van der Waals surface area contributed by atoms with Crippen LogP contribution in [-0.4, -0.2) is 33.7 Å². The Morgan fingerprint density at radius 2 is 2.19 bits per heavy atom. The van der Waals surface area contributed by atoms with Crippen LogP contribution in [-0.2, 0) is 6.42 Å². The number of benzene rings is 1. The number of hydrogen-bond acceptors (Lipinski definition) is 5. The second kappa shape index (κ2) is 5.01. The minimum absolute atomic E-state index is 0.0129. The van der Waals surface area contributed by atoms with Crippen LogP contribution in [0.5, 0.6) is 0 Å². The van der Waals surface area contributed by atoms with Gasteiger partial charge in [0.1, 0.15) is 0 Å². The highest BCUT2D eigenvalue weighted by molar-refractivity contribution is 6.05. The Kier molecular flexibility index (Phi) is 3.17. The van der Waals surface area contributed by atoms with Crippen molar-refractivity contribution in [1.82, 2.24) is 10.1 Å². The molecule has 0 spiro atoms. The summed E-state index contributed by atoms with van der Waals surface area (Å²) in [5.74, 6) is -1.07. The third-order valence-corrected chi connectivity index (χ3v) is 3.45. The molecule has 1 aliphatic heterocycles. The predicted octanol–water partition coefficient (Wildman–Crippen LogP) is 1.67. The summed E-state index contributed by atoms with van der Waals surface area (Å²) < 4.78 is 4.82. The fourth-order valence-electron chi connectivity index (χ4n) is 2.54. The molecule has 0 radical (unpaired) electrons. The minimum Gasteiger partial charge on any atom is -0.478 e. The van der Waals surface area contributed by atoms with Crippen molar-refractivity contribution in [2.75, 3.05) is 11.4 Å². The van der Waals surface area contributed by atoms with Gasteiger partial charge in [0, 0.05) is 19.2 Å². The Balaban J connectivity index is 2.03. The van der Waals surface area contributed by atoms with E-state index >= 15 is 0 Å². The van der Waals surface area contributed by atoms with Gasteiger partial charge in [0.05, 0.1) is 5.56 Å². The molecule has 3 rings (SSSR count). The van der Waals surface area contributed by atoms with Crippen LogP contribution in [0.25, 0.3) is 0 Å². The molecule has 7 heteroatoms. The van der Waals surface area contributed by atoms with Crippen LogP contribution < -0.4 is 4.90 Å². The van der Waals surface area contributed by atoms with Gasteiger partial charge in [-0.15, -0.1) is 0 Å². The first-order chi connectivity index (χ1) is 10.1. The number of carbonyl (C=O) groups excluding carboxylic acids is 1. The maximum Gasteiger partial charge on any atom is 0.336 e. The summed E-state index contributed by atoms with van der Waals surface area (Å²) in [5, 5.41) is 12.9. The van der Waals surface area contributed by atoms with E-state index in [-0.39, 0.29) is 17.3 Å². The number of carbonyl (C=O) groups is 2. The number of aryl methyl sites for hydroxylation is 1. The number of carboxylic acid groups (broad SMARTS) is 1. The number of fused-ring (bicyclic) bond motifs is 1. The molecule has 0 atom stereocenters. The standard InChI is InChI=1S/C14H13N3O4/c1-8-15-12(16-21-8)13(18)17-7-3-5-9-10(14(19)20)4-2-6-11(9)17/h2,4,6H,3,5,7H2,1H3,(H,19,20). The van der Waals surface area contributed by atoms with Gasteiger partial charge >= 0.3 is 5.97 Å². The van der Waals surface area contributed by atoms with Crippen molar-refractivity contribution in [2.45, 2.75) is 19.8 Å². The summed E-state index contributed by atoms with van der Waals surface area (Å²) in [6.07, 6.45) is 1.33. The number of rotatable bonds is 2. The lowest BCUT2D eigenvalue weighted by Crippen LogP contribution is -2.36. The molecule has 0 aliphatic carbocycles. The van der Waals surface area contributed by atoms with E-state index < -0.39 is 5.97 Å². The Bertz CT molecular complexity index is 723. The zero-order valence-corrected chi connectivity index (χ0v) is 11.4. The average molecular weight is 287 g/mol. The fourth-order valence-corrected chi connectivity index (χ4v) is 2.54. The molecule has 0 unspecified atom stereocenters.